The Morgan fingerprint density at radius 3 is 2.04 bits per heavy atom. The van der Waals surface area contributed by atoms with Gasteiger partial charge >= 0.3 is 0 Å². The van der Waals surface area contributed by atoms with Gasteiger partial charge in [-0.25, -0.2) is 0 Å². The van der Waals surface area contributed by atoms with E-state index in [0.717, 1.165) is 11.3 Å². The van der Waals surface area contributed by atoms with E-state index < -0.39 is 0 Å². The van der Waals surface area contributed by atoms with Crippen molar-refractivity contribution in [2.75, 3.05) is 10.6 Å². The van der Waals surface area contributed by atoms with Gasteiger partial charge in [0, 0.05) is 18.3 Å². The van der Waals surface area contributed by atoms with Crippen molar-refractivity contribution in [3.05, 3.63) is 60.2 Å². The average Bonchev–Trinajstić information content (AvgIpc) is 2.49. The zero-order valence-electron chi connectivity index (χ0n) is 12.6. The van der Waals surface area contributed by atoms with Gasteiger partial charge in [-0.1, -0.05) is 30.3 Å². The highest BCUT2D eigenvalue weighted by molar-refractivity contribution is 7.80. The molecule has 2 aromatic rings. The normalized spacial score (nSPS) is 9.78. The predicted octanol–water partition coefficient (Wildman–Crippen LogP) is 2.70. The quantitative estimate of drug-likeness (QED) is 0.755. The first-order valence-corrected chi connectivity index (χ1v) is 7.46. The van der Waals surface area contributed by atoms with Gasteiger partial charge in [-0.2, -0.15) is 0 Å². The number of carbonyl (C=O) groups excluding carboxylic acids is 2. The highest BCUT2D eigenvalue weighted by Crippen LogP contribution is 2.14. The van der Waals surface area contributed by atoms with Crippen LogP contribution in [0.4, 0.5) is 11.4 Å². The van der Waals surface area contributed by atoms with Gasteiger partial charge in [-0.3, -0.25) is 9.59 Å². The molecule has 2 amide bonds. The number of rotatable bonds is 4. The molecule has 0 saturated carbocycles. The number of anilines is 2. The van der Waals surface area contributed by atoms with Crippen molar-refractivity contribution in [1.82, 2.24) is 5.32 Å². The number of benzene rings is 2. The fraction of sp³-hybridized carbons (Fsp3) is 0.118. The van der Waals surface area contributed by atoms with E-state index in [9.17, 15) is 9.59 Å². The number of hydrogen-bond donors (Lipinski definition) is 3. The van der Waals surface area contributed by atoms with E-state index in [1.165, 1.54) is 6.92 Å². The van der Waals surface area contributed by atoms with Gasteiger partial charge in [0.15, 0.2) is 5.11 Å². The molecule has 0 radical (unpaired) electrons. The number of carbonyl (C=O) groups is 2. The van der Waals surface area contributed by atoms with Crippen LogP contribution >= 0.6 is 12.2 Å². The van der Waals surface area contributed by atoms with Gasteiger partial charge in [0.05, 0.1) is 6.42 Å². The van der Waals surface area contributed by atoms with Crippen LogP contribution in [0.5, 0.6) is 0 Å². The van der Waals surface area contributed by atoms with Crippen molar-refractivity contribution in [1.29, 1.82) is 0 Å². The lowest BCUT2D eigenvalue weighted by molar-refractivity contribution is -0.117. The van der Waals surface area contributed by atoms with Crippen LogP contribution in [0.1, 0.15) is 12.5 Å². The summed E-state index contributed by atoms with van der Waals surface area (Å²) in [5, 5.41) is 8.43. The maximum atomic E-state index is 12.0. The fourth-order valence-corrected chi connectivity index (χ4v) is 2.21. The molecular weight excluding hydrogens is 310 g/mol. The molecule has 6 heteroatoms. The van der Waals surface area contributed by atoms with E-state index in [-0.39, 0.29) is 16.9 Å². The van der Waals surface area contributed by atoms with Crippen molar-refractivity contribution in [3.63, 3.8) is 0 Å². The van der Waals surface area contributed by atoms with E-state index in [0.29, 0.717) is 12.1 Å². The van der Waals surface area contributed by atoms with Crippen molar-refractivity contribution in [2.45, 2.75) is 13.3 Å². The number of nitrogens with one attached hydrogen (secondary N) is 3. The van der Waals surface area contributed by atoms with Crippen LogP contribution in [0.15, 0.2) is 54.6 Å². The van der Waals surface area contributed by atoms with Crippen LogP contribution < -0.4 is 16.0 Å². The van der Waals surface area contributed by atoms with Crippen LogP contribution in [0.3, 0.4) is 0 Å². The summed E-state index contributed by atoms with van der Waals surface area (Å²) in [5.41, 5.74) is 2.38. The molecule has 0 bridgehead atoms. The van der Waals surface area contributed by atoms with E-state index >= 15 is 0 Å². The lowest BCUT2D eigenvalue weighted by Gasteiger charge is -2.09. The van der Waals surface area contributed by atoms with Crippen LogP contribution in [-0.4, -0.2) is 16.9 Å². The summed E-state index contributed by atoms with van der Waals surface area (Å²) in [5.74, 6) is -0.307. The lowest BCUT2D eigenvalue weighted by Crippen LogP contribution is -2.32. The molecule has 0 heterocycles. The second kappa shape index (κ2) is 8.05. The molecule has 2 aromatic carbocycles. The summed E-state index contributed by atoms with van der Waals surface area (Å²) in [6.07, 6.45) is 0.327. The molecule has 5 nitrogen and oxygen atoms in total. The Labute approximate surface area is 140 Å². The minimum absolute atomic E-state index is 0.0781. The molecule has 0 aliphatic carbocycles. The molecule has 0 aromatic heterocycles. The van der Waals surface area contributed by atoms with E-state index in [4.69, 9.17) is 12.2 Å². The third-order valence-corrected chi connectivity index (χ3v) is 3.13. The molecule has 23 heavy (non-hydrogen) atoms. The van der Waals surface area contributed by atoms with Gasteiger partial charge in [0.1, 0.15) is 0 Å². The maximum absolute atomic E-state index is 12.0. The summed E-state index contributed by atoms with van der Waals surface area (Å²) in [7, 11) is 0. The minimum Gasteiger partial charge on any atom is -0.332 e. The van der Waals surface area contributed by atoms with Gasteiger partial charge in [-0.05, 0) is 42.0 Å². The molecule has 2 rings (SSSR count). The molecule has 0 spiro atoms. The molecule has 0 atom stereocenters. The van der Waals surface area contributed by atoms with Crippen molar-refractivity contribution in [2.24, 2.45) is 0 Å². The molecule has 0 fully saturated rings. The summed E-state index contributed by atoms with van der Waals surface area (Å²) in [4.78, 5) is 22.9. The van der Waals surface area contributed by atoms with Crippen molar-refractivity contribution in [3.8, 4) is 0 Å². The second-order valence-electron chi connectivity index (χ2n) is 4.92. The predicted molar refractivity (Wildman–Crippen MR) is 95.3 cm³/mol. The Kier molecular flexibility index (Phi) is 5.82. The molecule has 118 valence electrons. The zero-order valence-corrected chi connectivity index (χ0v) is 13.4. The van der Waals surface area contributed by atoms with Crippen LogP contribution in [0.25, 0.3) is 0 Å². The van der Waals surface area contributed by atoms with Gasteiger partial charge < -0.3 is 16.0 Å². The Morgan fingerprint density at radius 1 is 0.913 bits per heavy atom. The Bertz CT molecular complexity index is 700. The van der Waals surface area contributed by atoms with E-state index in [1.807, 2.05) is 30.3 Å². The lowest BCUT2D eigenvalue weighted by atomic mass is 10.1. The zero-order chi connectivity index (χ0) is 16.7. The third-order valence-electron chi connectivity index (χ3n) is 2.92. The van der Waals surface area contributed by atoms with Crippen molar-refractivity contribution < 1.29 is 9.59 Å². The number of thiocarbonyl (C=S) groups is 1. The molecule has 0 unspecified atom stereocenters. The van der Waals surface area contributed by atoms with Gasteiger partial charge in [-0.15, -0.1) is 0 Å². The Balaban J connectivity index is 1.88. The average molecular weight is 327 g/mol. The van der Waals surface area contributed by atoms with Crippen molar-refractivity contribution >= 4 is 40.5 Å². The molecule has 0 aliphatic rings. The van der Waals surface area contributed by atoms with Gasteiger partial charge in [0.25, 0.3) is 0 Å². The molecule has 3 N–H and O–H groups in total. The van der Waals surface area contributed by atoms with Gasteiger partial charge in [0.2, 0.25) is 11.8 Å². The first-order valence-electron chi connectivity index (χ1n) is 7.05. The first kappa shape index (κ1) is 16.6. The SMILES string of the molecule is CC(=O)NC(=S)Nc1ccc(NC(=O)Cc2ccccc2)cc1. The van der Waals surface area contributed by atoms with E-state index in [2.05, 4.69) is 16.0 Å². The summed E-state index contributed by atoms with van der Waals surface area (Å²) < 4.78 is 0. The molecule has 0 saturated heterocycles. The number of hydrogen-bond acceptors (Lipinski definition) is 3. The summed E-state index contributed by atoms with van der Waals surface area (Å²) in [6, 6.07) is 16.6. The molecule has 0 aliphatic heterocycles. The Hall–Kier alpha value is -2.73. The highest BCUT2D eigenvalue weighted by atomic mass is 32.1. The standard InChI is InChI=1S/C17H17N3O2S/c1-12(21)18-17(23)20-15-9-7-14(8-10-15)19-16(22)11-13-5-3-2-4-6-13/h2-10H,11H2,1H3,(H,19,22)(H2,18,20,21,23). The third kappa shape index (κ3) is 5.88. The molecular formula is C17H17N3O2S. The second-order valence-corrected chi connectivity index (χ2v) is 5.33. The Morgan fingerprint density at radius 2 is 1.48 bits per heavy atom. The van der Waals surface area contributed by atoms with Crippen LogP contribution in [0, 0.1) is 0 Å². The van der Waals surface area contributed by atoms with Crippen LogP contribution in [0.2, 0.25) is 0 Å². The largest absolute Gasteiger partial charge is 0.332 e. The highest BCUT2D eigenvalue weighted by Gasteiger charge is 2.04. The smallest absolute Gasteiger partial charge is 0.228 e. The minimum atomic E-state index is -0.229. The number of amides is 2. The summed E-state index contributed by atoms with van der Waals surface area (Å²) in [6.45, 7) is 1.39. The topological polar surface area (TPSA) is 70.2 Å². The monoisotopic (exact) mass is 327 g/mol. The van der Waals surface area contributed by atoms with E-state index in [1.54, 1.807) is 24.3 Å². The summed E-state index contributed by atoms with van der Waals surface area (Å²) >= 11 is 4.98. The maximum Gasteiger partial charge on any atom is 0.228 e. The fourth-order valence-electron chi connectivity index (χ4n) is 1.95. The first-order chi connectivity index (χ1) is 11.0. The van der Waals surface area contributed by atoms with Crippen LogP contribution in [-0.2, 0) is 16.0 Å².